The number of carbonyl (C=O) groups excluding carboxylic acids is 1. The summed E-state index contributed by atoms with van der Waals surface area (Å²) in [6.07, 6.45) is -4.47. The lowest BCUT2D eigenvalue weighted by Crippen LogP contribution is -2.40. The van der Waals surface area contributed by atoms with Gasteiger partial charge in [0.05, 0.1) is 10.5 Å². The molecule has 1 amide bonds. The second-order valence-corrected chi connectivity index (χ2v) is 9.04. The summed E-state index contributed by atoms with van der Waals surface area (Å²) >= 11 is 0. The number of nitrogens with one attached hydrogen (secondary N) is 2. The molecule has 0 aliphatic heterocycles. The highest BCUT2D eigenvalue weighted by Gasteiger charge is 2.30. The van der Waals surface area contributed by atoms with E-state index in [1.807, 2.05) is 0 Å². The summed E-state index contributed by atoms with van der Waals surface area (Å²) in [5, 5.41) is 2.48. The number of amides is 1. The first-order valence-electron chi connectivity index (χ1n) is 8.32. The number of benzene rings is 2. The molecule has 0 radical (unpaired) electrons. The van der Waals surface area contributed by atoms with Gasteiger partial charge in [-0.3, -0.25) is 4.79 Å². The minimum atomic E-state index is -4.47. The molecule has 0 saturated carbocycles. The van der Waals surface area contributed by atoms with Crippen molar-refractivity contribution >= 4 is 21.6 Å². The smallest absolute Gasteiger partial charge is 0.322 e. The zero-order valence-electron chi connectivity index (χ0n) is 15.8. The van der Waals surface area contributed by atoms with Crippen molar-refractivity contribution in [3.8, 4) is 0 Å². The highest BCUT2D eigenvalue weighted by atomic mass is 32.2. The summed E-state index contributed by atoms with van der Waals surface area (Å²) in [6.45, 7) is 6.71. The van der Waals surface area contributed by atoms with Crippen molar-refractivity contribution in [1.82, 2.24) is 4.72 Å². The first kappa shape index (κ1) is 21.9. The molecule has 0 aliphatic carbocycles. The van der Waals surface area contributed by atoms with Crippen LogP contribution in [0.15, 0.2) is 47.4 Å². The molecular weight excluding hydrogens is 393 g/mol. The predicted molar refractivity (Wildman–Crippen MR) is 101 cm³/mol. The lowest BCUT2D eigenvalue weighted by Gasteiger charge is -2.20. The summed E-state index contributed by atoms with van der Waals surface area (Å²) < 4.78 is 65.3. The monoisotopic (exact) mass is 414 g/mol. The number of halogens is 3. The molecule has 0 aliphatic rings. The number of alkyl halides is 3. The molecule has 0 saturated heterocycles. The minimum Gasteiger partial charge on any atom is -0.322 e. The van der Waals surface area contributed by atoms with E-state index in [-0.39, 0.29) is 16.1 Å². The van der Waals surface area contributed by atoms with Crippen molar-refractivity contribution in [3.63, 3.8) is 0 Å². The second-order valence-electron chi connectivity index (χ2n) is 7.36. The minimum absolute atomic E-state index is 0.0782. The van der Waals surface area contributed by atoms with Crippen molar-refractivity contribution < 1.29 is 26.4 Å². The third-order valence-corrected chi connectivity index (χ3v) is 5.43. The molecule has 2 rings (SSSR count). The second kappa shape index (κ2) is 7.56. The Hall–Kier alpha value is -2.39. The molecule has 2 aromatic carbocycles. The van der Waals surface area contributed by atoms with Crippen LogP contribution in [0, 0.1) is 6.92 Å². The van der Waals surface area contributed by atoms with E-state index < -0.39 is 33.2 Å². The number of rotatable bonds is 4. The molecule has 152 valence electrons. The van der Waals surface area contributed by atoms with Gasteiger partial charge in [-0.05, 0) is 69.7 Å². The average molecular weight is 414 g/mol. The number of hydrogen-bond donors (Lipinski definition) is 2. The summed E-state index contributed by atoms with van der Waals surface area (Å²) in [7, 11) is -3.84. The van der Waals surface area contributed by atoms with Gasteiger partial charge in [0, 0.05) is 16.8 Å². The van der Waals surface area contributed by atoms with Crippen LogP contribution in [0.3, 0.4) is 0 Å². The van der Waals surface area contributed by atoms with Crippen molar-refractivity contribution in [2.45, 2.75) is 44.3 Å². The molecule has 2 aromatic rings. The number of carbonyl (C=O) groups is 1. The van der Waals surface area contributed by atoms with Gasteiger partial charge in [0.15, 0.2) is 0 Å². The van der Waals surface area contributed by atoms with E-state index in [4.69, 9.17) is 0 Å². The van der Waals surface area contributed by atoms with Crippen molar-refractivity contribution in [1.29, 1.82) is 0 Å². The third-order valence-electron chi connectivity index (χ3n) is 3.67. The SMILES string of the molecule is Cc1ccc(S(=O)(=O)NC(C)(C)C)cc1C(=O)Nc1ccc(C(F)(F)F)cc1. The van der Waals surface area contributed by atoms with E-state index in [9.17, 15) is 26.4 Å². The first-order chi connectivity index (χ1) is 12.7. The molecule has 0 atom stereocenters. The van der Waals surface area contributed by atoms with Crippen LogP contribution in [0.2, 0.25) is 0 Å². The summed E-state index contributed by atoms with van der Waals surface area (Å²) in [4.78, 5) is 12.5. The summed E-state index contributed by atoms with van der Waals surface area (Å²) in [5.74, 6) is -0.620. The molecule has 0 unspecified atom stereocenters. The highest BCUT2D eigenvalue weighted by molar-refractivity contribution is 7.89. The van der Waals surface area contributed by atoms with E-state index in [1.165, 1.54) is 18.2 Å². The Morgan fingerprint density at radius 1 is 0.964 bits per heavy atom. The molecule has 2 N–H and O–H groups in total. The Morgan fingerprint density at radius 2 is 1.54 bits per heavy atom. The Labute approximate surface area is 162 Å². The van der Waals surface area contributed by atoms with E-state index in [0.717, 1.165) is 24.3 Å². The normalized spacial score (nSPS) is 12.7. The van der Waals surface area contributed by atoms with E-state index >= 15 is 0 Å². The molecule has 0 heterocycles. The largest absolute Gasteiger partial charge is 0.416 e. The maximum Gasteiger partial charge on any atom is 0.416 e. The third kappa shape index (κ3) is 5.56. The molecule has 9 heteroatoms. The van der Waals surface area contributed by atoms with Crippen LogP contribution < -0.4 is 10.0 Å². The number of aryl methyl sites for hydroxylation is 1. The molecule has 0 spiro atoms. The first-order valence-corrected chi connectivity index (χ1v) is 9.81. The topological polar surface area (TPSA) is 75.3 Å². The number of sulfonamides is 1. The van der Waals surface area contributed by atoms with Crippen LogP contribution in [-0.4, -0.2) is 19.9 Å². The Bertz CT molecular complexity index is 977. The van der Waals surface area contributed by atoms with Crippen molar-refractivity contribution in [2.24, 2.45) is 0 Å². The molecule has 0 bridgehead atoms. The maximum absolute atomic E-state index is 12.6. The lowest BCUT2D eigenvalue weighted by molar-refractivity contribution is -0.137. The predicted octanol–water partition coefficient (Wildman–Crippen LogP) is 4.34. The van der Waals surface area contributed by atoms with E-state index in [0.29, 0.717) is 5.56 Å². The molecule has 28 heavy (non-hydrogen) atoms. The zero-order valence-corrected chi connectivity index (χ0v) is 16.6. The highest BCUT2D eigenvalue weighted by Crippen LogP contribution is 2.30. The van der Waals surface area contributed by atoms with Gasteiger partial charge in [-0.2, -0.15) is 13.2 Å². The van der Waals surface area contributed by atoms with Crippen LogP contribution in [-0.2, 0) is 16.2 Å². The summed E-state index contributed by atoms with van der Waals surface area (Å²) in [6, 6.07) is 8.11. The van der Waals surface area contributed by atoms with Crippen LogP contribution in [0.5, 0.6) is 0 Å². The van der Waals surface area contributed by atoms with Gasteiger partial charge in [0.2, 0.25) is 10.0 Å². The van der Waals surface area contributed by atoms with Gasteiger partial charge in [-0.25, -0.2) is 13.1 Å². The van der Waals surface area contributed by atoms with Gasteiger partial charge < -0.3 is 5.32 Å². The van der Waals surface area contributed by atoms with Crippen LogP contribution in [0.25, 0.3) is 0 Å². The molecular formula is C19H21F3N2O3S. The fourth-order valence-electron chi connectivity index (χ4n) is 2.42. The van der Waals surface area contributed by atoms with Gasteiger partial charge in [-0.1, -0.05) is 6.07 Å². The Balaban J connectivity index is 2.29. The van der Waals surface area contributed by atoms with E-state index in [2.05, 4.69) is 10.0 Å². The maximum atomic E-state index is 12.6. The zero-order chi connectivity index (χ0) is 21.3. The fraction of sp³-hybridized carbons (Fsp3) is 0.316. The standard InChI is InChI=1S/C19H21F3N2O3S/c1-12-5-10-15(28(26,27)24-18(2,3)4)11-16(12)17(25)23-14-8-6-13(7-9-14)19(20,21)22/h5-11,24H,1-4H3,(H,23,25). The Morgan fingerprint density at radius 3 is 2.04 bits per heavy atom. The Kier molecular flexibility index (Phi) is 5.91. The number of anilines is 1. The van der Waals surface area contributed by atoms with Crippen molar-refractivity contribution in [3.05, 3.63) is 59.2 Å². The van der Waals surface area contributed by atoms with Crippen LogP contribution >= 0.6 is 0 Å². The molecule has 0 fully saturated rings. The quantitative estimate of drug-likeness (QED) is 0.781. The summed E-state index contributed by atoms with van der Waals surface area (Å²) in [5.41, 5.74) is -0.732. The average Bonchev–Trinajstić information content (AvgIpc) is 2.52. The van der Waals surface area contributed by atoms with Crippen molar-refractivity contribution in [2.75, 3.05) is 5.32 Å². The van der Waals surface area contributed by atoms with Gasteiger partial charge in [-0.15, -0.1) is 0 Å². The molecule has 0 aromatic heterocycles. The van der Waals surface area contributed by atoms with Crippen LogP contribution in [0.4, 0.5) is 18.9 Å². The van der Waals surface area contributed by atoms with Gasteiger partial charge in [0.1, 0.15) is 0 Å². The van der Waals surface area contributed by atoms with Crippen LogP contribution in [0.1, 0.15) is 42.3 Å². The van der Waals surface area contributed by atoms with Gasteiger partial charge in [0.25, 0.3) is 5.91 Å². The molecule has 5 nitrogen and oxygen atoms in total. The van der Waals surface area contributed by atoms with Gasteiger partial charge >= 0.3 is 6.18 Å². The lowest BCUT2D eigenvalue weighted by atomic mass is 10.1. The number of hydrogen-bond acceptors (Lipinski definition) is 3. The fourth-order valence-corrected chi connectivity index (χ4v) is 3.86. The van der Waals surface area contributed by atoms with E-state index in [1.54, 1.807) is 27.7 Å².